The van der Waals surface area contributed by atoms with Gasteiger partial charge in [0.15, 0.2) is 0 Å². The van der Waals surface area contributed by atoms with Crippen LogP contribution in [-0.4, -0.2) is 16.4 Å². The van der Waals surface area contributed by atoms with E-state index < -0.39 is 4.92 Å². The fourth-order valence-corrected chi connectivity index (χ4v) is 1.36. The standard InChI is InChI=1S/C11H16N4O3/c1-11(2,3)13-10(16)7-4-5-9(15(17)18)8(6-7)14-12/h4-6,14H,12H2,1-3H3,(H,13,16). The molecule has 1 aromatic carbocycles. The van der Waals surface area contributed by atoms with Crippen LogP contribution in [0, 0.1) is 10.1 Å². The van der Waals surface area contributed by atoms with Crippen LogP contribution in [0.2, 0.25) is 0 Å². The van der Waals surface area contributed by atoms with Crippen molar-refractivity contribution in [1.82, 2.24) is 5.32 Å². The van der Waals surface area contributed by atoms with Gasteiger partial charge >= 0.3 is 0 Å². The third-order valence-electron chi connectivity index (χ3n) is 2.10. The van der Waals surface area contributed by atoms with Gasteiger partial charge in [-0.1, -0.05) is 0 Å². The zero-order chi connectivity index (χ0) is 13.9. The zero-order valence-electron chi connectivity index (χ0n) is 10.5. The van der Waals surface area contributed by atoms with E-state index in [1.807, 2.05) is 20.8 Å². The van der Waals surface area contributed by atoms with Crippen LogP contribution in [0.1, 0.15) is 31.1 Å². The smallest absolute Gasteiger partial charge is 0.293 e. The van der Waals surface area contributed by atoms with E-state index in [1.54, 1.807) is 0 Å². The molecule has 18 heavy (non-hydrogen) atoms. The van der Waals surface area contributed by atoms with Crippen LogP contribution in [0.15, 0.2) is 18.2 Å². The Morgan fingerprint density at radius 2 is 2.00 bits per heavy atom. The number of nitrogen functional groups attached to an aromatic ring is 1. The summed E-state index contributed by atoms with van der Waals surface area (Å²) in [4.78, 5) is 22.0. The molecule has 0 radical (unpaired) electrons. The van der Waals surface area contributed by atoms with Crippen LogP contribution in [0.5, 0.6) is 0 Å². The highest BCUT2D eigenvalue weighted by molar-refractivity contribution is 5.96. The highest BCUT2D eigenvalue weighted by atomic mass is 16.6. The first kappa shape index (κ1) is 13.9. The third kappa shape index (κ3) is 3.42. The largest absolute Gasteiger partial charge is 0.347 e. The van der Waals surface area contributed by atoms with Gasteiger partial charge in [-0.05, 0) is 32.9 Å². The second-order valence-electron chi connectivity index (χ2n) is 4.84. The van der Waals surface area contributed by atoms with Crippen molar-refractivity contribution in [2.45, 2.75) is 26.3 Å². The number of carbonyl (C=O) groups excluding carboxylic acids is 1. The maximum Gasteiger partial charge on any atom is 0.293 e. The molecule has 0 aliphatic rings. The average Bonchev–Trinajstić information content (AvgIpc) is 2.25. The Balaban J connectivity index is 3.06. The van der Waals surface area contributed by atoms with Gasteiger partial charge in [0.2, 0.25) is 0 Å². The van der Waals surface area contributed by atoms with Crippen molar-refractivity contribution in [3.8, 4) is 0 Å². The lowest BCUT2D eigenvalue weighted by atomic mass is 10.1. The molecule has 0 aliphatic heterocycles. The molecule has 1 amide bonds. The minimum atomic E-state index is -0.569. The lowest BCUT2D eigenvalue weighted by Crippen LogP contribution is -2.40. The quantitative estimate of drug-likeness (QED) is 0.428. The van der Waals surface area contributed by atoms with Gasteiger partial charge in [-0.25, -0.2) is 0 Å². The first-order valence-corrected chi connectivity index (χ1v) is 5.32. The van der Waals surface area contributed by atoms with Crippen LogP contribution in [0.25, 0.3) is 0 Å². The number of nitrogens with two attached hydrogens (primary N) is 1. The SMILES string of the molecule is CC(C)(C)NC(=O)c1ccc([N+](=O)[O-])c(NN)c1. The van der Waals surface area contributed by atoms with E-state index in [9.17, 15) is 14.9 Å². The molecular weight excluding hydrogens is 236 g/mol. The highest BCUT2D eigenvalue weighted by Crippen LogP contribution is 2.24. The van der Waals surface area contributed by atoms with Gasteiger partial charge in [0.25, 0.3) is 11.6 Å². The summed E-state index contributed by atoms with van der Waals surface area (Å²) in [6.45, 7) is 5.54. The zero-order valence-corrected chi connectivity index (χ0v) is 10.5. The normalized spacial score (nSPS) is 10.9. The Morgan fingerprint density at radius 1 is 1.39 bits per heavy atom. The molecule has 0 aliphatic carbocycles. The van der Waals surface area contributed by atoms with E-state index in [2.05, 4.69) is 10.7 Å². The summed E-state index contributed by atoms with van der Waals surface area (Å²) < 4.78 is 0. The number of nitrogens with zero attached hydrogens (tertiary/aromatic N) is 1. The number of benzene rings is 1. The second kappa shape index (κ2) is 5.01. The van der Waals surface area contributed by atoms with Crippen molar-refractivity contribution in [2.24, 2.45) is 5.84 Å². The fourth-order valence-electron chi connectivity index (χ4n) is 1.36. The number of anilines is 1. The van der Waals surface area contributed by atoms with Crippen LogP contribution in [0.4, 0.5) is 11.4 Å². The molecule has 0 unspecified atom stereocenters. The van der Waals surface area contributed by atoms with E-state index >= 15 is 0 Å². The second-order valence-corrected chi connectivity index (χ2v) is 4.84. The Bertz CT molecular complexity index is 480. The van der Waals surface area contributed by atoms with Gasteiger partial charge in [0.1, 0.15) is 5.69 Å². The molecule has 98 valence electrons. The molecule has 0 spiro atoms. The molecule has 0 saturated carbocycles. The lowest BCUT2D eigenvalue weighted by Gasteiger charge is -2.20. The molecule has 0 fully saturated rings. The minimum absolute atomic E-state index is 0.0987. The Morgan fingerprint density at radius 3 is 2.44 bits per heavy atom. The molecule has 0 bridgehead atoms. The number of carbonyl (C=O) groups is 1. The van der Waals surface area contributed by atoms with E-state index in [1.165, 1.54) is 18.2 Å². The van der Waals surface area contributed by atoms with Gasteiger partial charge in [0.05, 0.1) is 4.92 Å². The van der Waals surface area contributed by atoms with Gasteiger partial charge < -0.3 is 10.7 Å². The Hall–Kier alpha value is -2.15. The summed E-state index contributed by atoms with van der Waals surface area (Å²) in [5, 5.41) is 13.5. The number of nitro benzene ring substituents is 1. The Labute approximate surface area is 104 Å². The molecule has 0 aromatic heterocycles. The molecule has 7 heteroatoms. The van der Waals surface area contributed by atoms with Crippen molar-refractivity contribution >= 4 is 17.3 Å². The number of hydrazine groups is 1. The maximum absolute atomic E-state index is 11.9. The number of nitrogens with one attached hydrogen (secondary N) is 2. The summed E-state index contributed by atoms with van der Waals surface area (Å²) in [6.07, 6.45) is 0. The molecule has 0 atom stereocenters. The highest BCUT2D eigenvalue weighted by Gasteiger charge is 2.19. The molecule has 7 nitrogen and oxygen atoms in total. The van der Waals surface area contributed by atoms with Crippen molar-refractivity contribution in [3.63, 3.8) is 0 Å². The van der Waals surface area contributed by atoms with Crippen molar-refractivity contribution in [1.29, 1.82) is 0 Å². The van der Waals surface area contributed by atoms with E-state index in [0.29, 0.717) is 5.56 Å². The first-order valence-electron chi connectivity index (χ1n) is 5.32. The van der Waals surface area contributed by atoms with Crippen molar-refractivity contribution in [3.05, 3.63) is 33.9 Å². The predicted octanol–water partition coefficient (Wildman–Crippen LogP) is 1.41. The van der Waals surface area contributed by atoms with Gasteiger partial charge in [0, 0.05) is 17.2 Å². The summed E-state index contributed by atoms with van der Waals surface area (Å²) in [6, 6.07) is 3.98. The molecule has 0 saturated heterocycles. The van der Waals surface area contributed by atoms with E-state index in [4.69, 9.17) is 5.84 Å². The molecule has 0 heterocycles. The van der Waals surface area contributed by atoms with Gasteiger partial charge in [-0.15, -0.1) is 0 Å². The number of amides is 1. The molecule has 4 N–H and O–H groups in total. The number of hydrogen-bond acceptors (Lipinski definition) is 5. The van der Waals surface area contributed by atoms with Crippen LogP contribution in [0.3, 0.4) is 0 Å². The Kier molecular flexibility index (Phi) is 3.87. The van der Waals surface area contributed by atoms with Gasteiger partial charge in [-0.3, -0.25) is 20.8 Å². The first-order chi connectivity index (χ1) is 8.24. The predicted molar refractivity (Wildman–Crippen MR) is 68.1 cm³/mol. The van der Waals surface area contributed by atoms with E-state index in [-0.39, 0.29) is 22.8 Å². The minimum Gasteiger partial charge on any atom is -0.347 e. The average molecular weight is 252 g/mol. The number of rotatable bonds is 3. The van der Waals surface area contributed by atoms with Crippen molar-refractivity contribution < 1.29 is 9.72 Å². The monoisotopic (exact) mass is 252 g/mol. The fraction of sp³-hybridized carbons (Fsp3) is 0.364. The maximum atomic E-state index is 11.9. The van der Waals surface area contributed by atoms with Crippen molar-refractivity contribution in [2.75, 3.05) is 5.43 Å². The van der Waals surface area contributed by atoms with Crippen LogP contribution < -0.4 is 16.6 Å². The summed E-state index contributed by atoms with van der Waals surface area (Å²) in [5.74, 6) is 4.89. The molecule has 1 aromatic rings. The summed E-state index contributed by atoms with van der Waals surface area (Å²) >= 11 is 0. The number of hydrogen-bond donors (Lipinski definition) is 3. The molecular formula is C11H16N4O3. The number of nitro groups is 1. The summed E-state index contributed by atoms with van der Waals surface area (Å²) in [5.41, 5.74) is 2.06. The van der Waals surface area contributed by atoms with E-state index in [0.717, 1.165) is 0 Å². The topological polar surface area (TPSA) is 110 Å². The summed E-state index contributed by atoms with van der Waals surface area (Å²) in [7, 11) is 0. The molecule has 1 rings (SSSR count). The van der Waals surface area contributed by atoms with Crippen LogP contribution >= 0.6 is 0 Å². The lowest BCUT2D eigenvalue weighted by molar-refractivity contribution is -0.384. The van der Waals surface area contributed by atoms with Crippen LogP contribution in [-0.2, 0) is 0 Å². The third-order valence-corrected chi connectivity index (χ3v) is 2.10. The van der Waals surface area contributed by atoms with Gasteiger partial charge in [-0.2, -0.15) is 0 Å².